The fourth-order valence-corrected chi connectivity index (χ4v) is 1.98. The van der Waals surface area contributed by atoms with Crippen LogP contribution in [0.1, 0.15) is 15.9 Å². The fraction of sp³-hybridized carbons (Fsp3) is 0.176. The summed E-state index contributed by atoms with van der Waals surface area (Å²) in [6.45, 7) is 0. The SMILES string of the molecule is COc1ccc(OC)c(C=NNC(=O)c2ccc(O)c(OC)c2)c1. The van der Waals surface area contributed by atoms with Crippen LogP contribution < -0.4 is 19.6 Å². The molecule has 24 heavy (non-hydrogen) atoms. The molecule has 0 aliphatic rings. The van der Waals surface area contributed by atoms with Gasteiger partial charge in [-0.2, -0.15) is 5.10 Å². The normalized spacial score (nSPS) is 10.5. The first-order valence-corrected chi connectivity index (χ1v) is 7.01. The number of nitrogens with zero attached hydrogens (tertiary/aromatic N) is 1. The maximum absolute atomic E-state index is 12.1. The van der Waals surface area contributed by atoms with Crippen LogP contribution >= 0.6 is 0 Å². The number of phenols is 1. The molecule has 7 nitrogen and oxygen atoms in total. The van der Waals surface area contributed by atoms with Crippen LogP contribution in [0, 0.1) is 0 Å². The van der Waals surface area contributed by atoms with Crippen molar-refractivity contribution in [3.8, 4) is 23.0 Å². The van der Waals surface area contributed by atoms with E-state index in [4.69, 9.17) is 14.2 Å². The van der Waals surface area contributed by atoms with Crippen LogP contribution in [0.4, 0.5) is 0 Å². The molecule has 7 heteroatoms. The third kappa shape index (κ3) is 3.95. The Morgan fingerprint density at radius 1 is 1.04 bits per heavy atom. The van der Waals surface area contributed by atoms with Crippen molar-refractivity contribution in [3.63, 3.8) is 0 Å². The summed E-state index contributed by atoms with van der Waals surface area (Å²) in [5, 5.41) is 13.5. The lowest BCUT2D eigenvalue weighted by molar-refractivity contribution is 0.0954. The zero-order valence-corrected chi connectivity index (χ0v) is 13.6. The molecule has 0 aliphatic carbocycles. The van der Waals surface area contributed by atoms with Crippen molar-refractivity contribution in [2.24, 2.45) is 5.10 Å². The number of hydrogen-bond acceptors (Lipinski definition) is 6. The number of nitrogens with one attached hydrogen (secondary N) is 1. The van der Waals surface area contributed by atoms with Gasteiger partial charge in [0.1, 0.15) is 11.5 Å². The second-order valence-corrected chi connectivity index (χ2v) is 4.69. The fourth-order valence-electron chi connectivity index (χ4n) is 1.98. The minimum absolute atomic E-state index is 0.0429. The van der Waals surface area contributed by atoms with E-state index in [-0.39, 0.29) is 11.5 Å². The smallest absolute Gasteiger partial charge is 0.271 e. The Kier molecular flexibility index (Phi) is 5.62. The highest BCUT2D eigenvalue weighted by molar-refractivity contribution is 5.95. The topological polar surface area (TPSA) is 89.4 Å². The van der Waals surface area contributed by atoms with Crippen molar-refractivity contribution in [2.45, 2.75) is 0 Å². The van der Waals surface area contributed by atoms with Gasteiger partial charge in [-0.15, -0.1) is 0 Å². The number of aromatic hydroxyl groups is 1. The Morgan fingerprint density at radius 3 is 2.46 bits per heavy atom. The molecule has 0 aromatic heterocycles. The van der Waals surface area contributed by atoms with Gasteiger partial charge in [-0.1, -0.05) is 0 Å². The predicted octanol–water partition coefficient (Wildman–Crippen LogP) is 2.18. The maximum atomic E-state index is 12.1. The van der Waals surface area contributed by atoms with Crippen molar-refractivity contribution in [3.05, 3.63) is 47.5 Å². The van der Waals surface area contributed by atoms with Crippen molar-refractivity contribution in [1.29, 1.82) is 0 Å². The van der Waals surface area contributed by atoms with Crippen LogP contribution in [0.3, 0.4) is 0 Å². The molecular formula is C17H18N2O5. The number of rotatable bonds is 6. The van der Waals surface area contributed by atoms with E-state index in [1.165, 1.54) is 31.5 Å². The van der Waals surface area contributed by atoms with Gasteiger partial charge in [0.15, 0.2) is 11.5 Å². The first-order chi connectivity index (χ1) is 11.6. The molecule has 2 rings (SSSR count). The Morgan fingerprint density at radius 2 is 1.79 bits per heavy atom. The lowest BCUT2D eigenvalue weighted by atomic mass is 10.2. The van der Waals surface area contributed by atoms with Crippen molar-refractivity contribution >= 4 is 12.1 Å². The highest BCUT2D eigenvalue weighted by Gasteiger charge is 2.09. The molecular weight excluding hydrogens is 312 g/mol. The van der Waals surface area contributed by atoms with E-state index in [0.29, 0.717) is 22.6 Å². The lowest BCUT2D eigenvalue weighted by Gasteiger charge is -2.07. The first-order valence-electron chi connectivity index (χ1n) is 7.01. The van der Waals surface area contributed by atoms with Gasteiger partial charge in [-0.25, -0.2) is 5.43 Å². The number of carbonyl (C=O) groups excluding carboxylic acids is 1. The quantitative estimate of drug-likeness (QED) is 0.626. The van der Waals surface area contributed by atoms with E-state index in [1.54, 1.807) is 32.4 Å². The summed E-state index contributed by atoms with van der Waals surface area (Å²) >= 11 is 0. The summed E-state index contributed by atoms with van der Waals surface area (Å²) in [7, 11) is 4.51. The summed E-state index contributed by atoms with van der Waals surface area (Å²) in [6, 6.07) is 9.51. The Labute approximate surface area is 139 Å². The molecule has 0 bridgehead atoms. The molecule has 2 N–H and O–H groups in total. The van der Waals surface area contributed by atoms with Crippen LogP contribution in [-0.2, 0) is 0 Å². The van der Waals surface area contributed by atoms with Gasteiger partial charge in [0.05, 0.1) is 27.5 Å². The molecule has 0 saturated carbocycles. The van der Waals surface area contributed by atoms with E-state index in [2.05, 4.69) is 10.5 Å². The number of hydrogen-bond donors (Lipinski definition) is 2. The summed E-state index contributed by atoms with van der Waals surface area (Å²) in [5.74, 6) is 0.970. The molecule has 2 aromatic carbocycles. The van der Waals surface area contributed by atoms with Crippen LogP contribution in [-0.4, -0.2) is 38.6 Å². The minimum Gasteiger partial charge on any atom is -0.504 e. The average molecular weight is 330 g/mol. The number of amides is 1. The molecule has 0 spiro atoms. The second kappa shape index (κ2) is 7.87. The molecule has 126 valence electrons. The number of hydrazone groups is 1. The van der Waals surface area contributed by atoms with E-state index in [0.717, 1.165) is 0 Å². The third-order valence-corrected chi connectivity index (χ3v) is 3.25. The molecule has 0 atom stereocenters. The van der Waals surface area contributed by atoms with Gasteiger partial charge in [0.25, 0.3) is 5.91 Å². The highest BCUT2D eigenvalue weighted by atomic mass is 16.5. The van der Waals surface area contributed by atoms with Gasteiger partial charge in [-0.3, -0.25) is 4.79 Å². The standard InChI is InChI=1S/C17H18N2O5/c1-22-13-5-7-15(23-2)12(8-13)10-18-19-17(21)11-4-6-14(20)16(9-11)24-3/h4-10,20H,1-3H3,(H,19,21). The highest BCUT2D eigenvalue weighted by Crippen LogP contribution is 2.26. The monoisotopic (exact) mass is 330 g/mol. The summed E-state index contributed by atoms with van der Waals surface area (Å²) < 4.78 is 15.3. The zero-order valence-electron chi connectivity index (χ0n) is 13.6. The summed E-state index contributed by atoms with van der Waals surface area (Å²) in [4.78, 5) is 12.1. The average Bonchev–Trinajstić information content (AvgIpc) is 2.61. The molecule has 0 radical (unpaired) electrons. The molecule has 0 fully saturated rings. The molecule has 0 heterocycles. The maximum Gasteiger partial charge on any atom is 0.271 e. The van der Waals surface area contributed by atoms with Gasteiger partial charge >= 0.3 is 0 Å². The molecule has 0 unspecified atom stereocenters. The van der Waals surface area contributed by atoms with Crippen LogP contribution in [0.15, 0.2) is 41.5 Å². The summed E-state index contributed by atoms with van der Waals surface area (Å²) in [5.41, 5.74) is 3.36. The zero-order chi connectivity index (χ0) is 17.5. The van der Waals surface area contributed by atoms with Gasteiger partial charge in [-0.05, 0) is 36.4 Å². The number of carbonyl (C=O) groups is 1. The number of ether oxygens (including phenoxy) is 3. The Bertz CT molecular complexity index is 759. The number of phenolic OH excluding ortho intramolecular Hbond substituents is 1. The molecule has 0 saturated heterocycles. The second-order valence-electron chi connectivity index (χ2n) is 4.69. The van der Waals surface area contributed by atoms with Gasteiger partial charge in [0, 0.05) is 11.1 Å². The number of benzene rings is 2. The van der Waals surface area contributed by atoms with Gasteiger partial charge in [0.2, 0.25) is 0 Å². The predicted molar refractivity (Wildman–Crippen MR) is 89.3 cm³/mol. The lowest BCUT2D eigenvalue weighted by Crippen LogP contribution is -2.17. The first kappa shape index (κ1) is 17.1. The van der Waals surface area contributed by atoms with E-state index in [1.807, 2.05) is 0 Å². The largest absolute Gasteiger partial charge is 0.504 e. The van der Waals surface area contributed by atoms with E-state index in [9.17, 15) is 9.90 Å². The molecule has 2 aromatic rings. The van der Waals surface area contributed by atoms with Crippen molar-refractivity contribution < 1.29 is 24.1 Å². The van der Waals surface area contributed by atoms with Crippen LogP contribution in [0.25, 0.3) is 0 Å². The van der Waals surface area contributed by atoms with Crippen LogP contribution in [0.2, 0.25) is 0 Å². The van der Waals surface area contributed by atoms with Gasteiger partial charge < -0.3 is 19.3 Å². The third-order valence-electron chi connectivity index (χ3n) is 3.25. The van der Waals surface area contributed by atoms with Crippen LogP contribution in [0.5, 0.6) is 23.0 Å². The van der Waals surface area contributed by atoms with E-state index >= 15 is 0 Å². The number of methoxy groups -OCH3 is 3. The molecule has 0 aliphatic heterocycles. The Balaban J connectivity index is 2.12. The van der Waals surface area contributed by atoms with Crippen molar-refractivity contribution in [2.75, 3.05) is 21.3 Å². The summed E-state index contributed by atoms with van der Waals surface area (Å²) in [6.07, 6.45) is 1.46. The van der Waals surface area contributed by atoms with Crippen molar-refractivity contribution in [1.82, 2.24) is 5.43 Å². The van der Waals surface area contributed by atoms with E-state index < -0.39 is 5.91 Å². The minimum atomic E-state index is -0.439. The molecule has 1 amide bonds. The Hall–Kier alpha value is -3.22.